The number of carbonyl (C=O) groups is 1. The molecule has 1 aliphatic rings. The van der Waals surface area contributed by atoms with E-state index in [1.807, 2.05) is 6.92 Å². The molecule has 0 radical (unpaired) electrons. The number of ketones is 1. The van der Waals surface area contributed by atoms with E-state index < -0.39 is 5.75 Å². The summed E-state index contributed by atoms with van der Waals surface area (Å²) < 4.78 is 16.1. The number of hydrogen-bond donors (Lipinski definition) is 2. The van der Waals surface area contributed by atoms with Crippen LogP contribution in [0.2, 0.25) is 0 Å². The maximum absolute atomic E-state index is 12.4. The number of fused-ring (bicyclic) bond motifs is 1. The van der Waals surface area contributed by atoms with Gasteiger partial charge in [-0.3, -0.25) is 4.79 Å². The van der Waals surface area contributed by atoms with Gasteiger partial charge in [-0.1, -0.05) is 6.07 Å². The highest BCUT2D eigenvalue weighted by molar-refractivity contribution is 6.15. The second-order valence-electron chi connectivity index (χ2n) is 5.09. The van der Waals surface area contributed by atoms with Crippen LogP contribution in [0.15, 0.2) is 36.1 Å². The van der Waals surface area contributed by atoms with Gasteiger partial charge in [0.15, 0.2) is 28.8 Å². The van der Waals surface area contributed by atoms with Crippen LogP contribution in [0.25, 0.3) is 6.08 Å². The maximum atomic E-state index is 12.4. The summed E-state index contributed by atoms with van der Waals surface area (Å²) in [5.41, 5.74) is 0.884. The molecule has 0 spiro atoms. The Labute approximate surface area is 138 Å². The number of phenolic OH excluding ortho intramolecular Hbond substituents is 2. The Morgan fingerprint density at radius 2 is 1.96 bits per heavy atom. The van der Waals surface area contributed by atoms with Gasteiger partial charge in [0.05, 0.1) is 19.3 Å². The van der Waals surface area contributed by atoms with Gasteiger partial charge in [-0.05, 0) is 42.8 Å². The molecule has 0 fully saturated rings. The quantitative estimate of drug-likeness (QED) is 0.662. The van der Waals surface area contributed by atoms with Gasteiger partial charge >= 0.3 is 0 Å². The Morgan fingerprint density at radius 3 is 2.67 bits per heavy atom. The van der Waals surface area contributed by atoms with Gasteiger partial charge in [0.2, 0.25) is 11.5 Å². The number of rotatable bonds is 4. The highest BCUT2D eigenvalue weighted by Crippen LogP contribution is 2.44. The van der Waals surface area contributed by atoms with Crippen LogP contribution in [0.1, 0.15) is 22.8 Å². The van der Waals surface area contributed by atoms with E-state index in [1.54, 1.807) is 31.4 Å². The van der Waals surface area contributed by atoms with Crippen molar-refractivity contribution in [3.05, 3.63) is 47.2 Å². The van der Waals surface area contributed by atoms with Crippen molar-refractivity contribution in [3.63, 3.8) is 0 Å². The van der Waals surface area contributed by atoms with Crippen LogP contribution >= 0.6 is 0 Å². The van der Waals surface area contributed by atoms with Crippen LogP contribution in [0.3, 0.4) is 0 Å². The number of benzene rings is 2. The van der Waals surface area contributed by atoms with Crippen LogP contribution in [-0.4, -0.2) is 29.7 Å². The lowest BCUT2D eigenvalue weighted by Crippen LogP contribution is -1.99. The number of allylic oxidation sites excluding steroid dienone is 1. The molecule has 0 aliphatic carbocycles. The van der Waals surface area contributed by atoms with Crippen molar-refractivity contribution in [1.82, 2.24) is 0 Å². The number of methoxy groups -OCH3 is 1. The number of carbonyl (C=O) groups excluding carboxylic acids is 1. The monoisotopic (exact) mass is 328 g/mol. The zero-order valence-electron chi connectivity index (χ0n) is 13.2. The fourth-order valence-corrected chi connectivity index (χ4v) is 2.43. The second-order valence-corrected chi connectivity index (χ2v) is 5.09. The third kappa shape index (κ3) is 2.62. The first kappa shape index (κ1) is 15.7. The molecule has 0 aromatic heterocycles. The zero-order valence-corrected chi connectivity index (χ0v) is 13.2. The summed E-state index contributed by atoms with van der Waals surface area (Å²) in [6.45, 7) is 2.34. The Kier molecular flexibility index (Phi) is 4.04. The fraction of sp³-hybridized carbons (Fsp3) is 0.167. The first-order chi connectivity index (χ1) is 11.5. The molecule has 3 rings (SSSR count). The van der Waals surface area contributed by atoms with Gasteiger partial charge in [-0.2, -0.15) is 0 Å². The first-order valence-corrected chi connectivity index (χ1v) is 7.35. The summed E-state index contributed by atoms with van der Waals surface area (Å²) in [5, 5.41) is 19.3. The maximum Gasteiger partial charge on any atom is 0.232 e. The number of aromatic hydroxyl groups is 2. The normalized spacial score (nSPS) is 14.4. The Balaban J connectivity index is 1.97. The van der Waals surface area contributed by atoms with Gasteiger partial charge in [-0.25, -0.2) is 0 Å². The summed E-state index contributed by atoms with van der Waals surface area (Å²) >= 11 is 0. The van der Waals surface area contributed by atoms with Gasteiger partial charge in [0.1, 0.15) is 0 Å². The predicted octanol–water partition coefficient (Wildman–Crippen LogP) is 3.12. The largest absolute Gasteiger partial charge is 0.504 e. The molecule has 2 aromatic rings. The first-order valence-electron chi connectivity index (χ1n) is 7.35. The van der Waals surface area contributed by atoms with Gasteiger partial charge in [0, 0.05) is 0 Å². The molecule has 1 aliphatic heterocycles. The van der Waals surface area contributed by atoms with Crippen molar-refractivity contribution in [2.75, 3.05) is 13.7 Å². The fourth-order valence-electron chi connectivity index (χ4n) is 2.43. The molecule has 24 heavy (non-hydrogen) atoms. The number of phenols is 2. The highest BCUT2D eigenvalue weighted by atomic mass is 16.5. The van der Waals surface area contributed by atoms with Crippen molar-refractivity contribution in [3.8, 4) is 28.7 Å². The van der Waals surface area contributed by atoms with E-state index in [2.05, 4.69) is 0 Å². The van der Waals surface area contributed by atoms with E-state index in [1.165, 1.54) is 12.1 Å². The SMILES string of the molecule is CCOc1cc(/C=C2/Oc3c(ccc(O)c3O)C2=O)ccc1OC. The minimum absolute atomic E-state index is 0.0372. The molecule has 0 bridgehead atoms. The predicted molar refractivity (Wildman–Crippen MR) is 86.9 cm³/mol. The summed E-state index contributed by atoms with van der Waals surface area (Å²) in [4.78, 5) is 12.4. The van der Waals surface area contributed by atoms with Gasteiger partial charge in [0.25, 0.3) is 0 Å². The van der Waals surface area contributed by atoms with E-state index in [9.17, 15) is 15.0 Å². The molecule has 0 saturated carbocycles. The van der Waals surface area contributed by atoms with E-state index in [0.29, 0.717) is 23.7 Å². The molecule has 0 unspecified atom stereocenters. The smallest absolute Gasteiger partial charge is 0.232 e. The Morgan fingerprint density at radius 1 is 1.17 bits per heavy atom. The van der Waals surface area contributed by atoms with Crippen LogP contribution in [-0.2, 0) is 0 Å². The van der Waals surface area contributed by atoms with Crippen molar-refractivity contribution in [2.24, 2.45) is 0 Å². The topological polar surface area (TPSA) is 85.2 Å². The summed E-state index contributed by atoms with van der Waals surface area (Å²) in [6.07, 6.45) is 1.54. The third-order valence-corrected chi connectivity index (χ3v) is 3.58. The molecule has 0 atom stereocenters. The van der Waals surface area contributed by atoms with Gasteiger partial charge < -0.3 is 24.4 Å². The van der Waals surface area contributed by atoms with Crippen molar-refractivity contribution < 1.29 is 29.2 Å². The van der Waals surface area contributed by atoms with Crippen molar-refractivity contribution >= 4 is 11.9 Å². The second kappa shape index (κ2) is 6.16. The number of hydrogen-bond acceptors (Lipinski definition) is 6. The number of ether oxygens (including phenoxy) is 3. The molecule has 1 heterocycles. The lowest BCUT2D eigenvalue weighted by atomic mass is 10.1. The van der Waals surface area contributed by atoms with Crippen LogP contribution in [0.5, 0.6) is 28.7 Å². The molecular weight excluding hydrogens is 312 g/mol. The van der Waals surface area contributed by atoms with Crippen LogP contribution < -0.4 is 14.2 Å². The molecule has 0 amide bonds. The lowest BCUT2D eigenvalue weighted by molar-refractivity contribution is 0.101. The highest BCUT2D eigenvalue weighted by Gasteiger charge is 2.31. The average Bonchev–Trinajstić information content (AvgIpc) is 2.89. The molecule has 2 N–H and O–H groups in total. The van der Waals surface area contributed by atoms with Crippen LogP contribution in [0.4, 0.5) is 0 Å². The Hall–Kier alpha value is -3.15. The molecule has 6 heteroatoms. The number of Topliss-reactive ketones (excluding diaryl/α,β-unsaturated/α-hetero) is 1. The minimum atomic E-state index is -0.450. The summed E-state index contributed by atoms with van der Waals surface area (Å²) in [5.74, 6) is -0.00132. The van der Waals surface area contributed by atoms with E-state index in [-0.39, 0.29) is 28.6 Å². The van der Waals surface area contributed by atoms with E-state index in [0.717, 1.165) is 0 Å². The molecule has 124 valence electrons. The zero-order chi connectivity index (χ0) is 17.3. The third-order valence-electron chi connectivity index (χ3n) is 3.58. The van der Waals surface area contributed by atoms with E-state index >= 15 is 0 Å². The molecule has 0 saturated heterocycles. The van der Waals surface area contributed by atoms with Crippen molar-refractivity contribution in [1.29, 1.82) is 0 Å². The minimum Gasteiger partial charge on any atom is -0.504 e. The summed E-state index contributed by atoms with van der Waals surface area (Å²) in [7, 11) is 1.55. The standard InChI is InChI=1S/C18H16O6/c1-3-23-14-8-10(4-7-13(14)22-2)9-15-16(20)11-5-6-12(19)17(21)18(11)24-15/h4-9,19,21H,3H2,1-2H3/b15-9+. The average molecular weight is 328 g/mol. The van der Waals surface area contributed by atoms with E-state index in [4.69, 9.17) is 14.2 Å². The molecular formula is C18H16O6. The molecule has 2 aromatic carbocycles. The van der Waals surface area contributed by atoms with Crippen LogP contribution in [0, 0.1) is 0 Å². The van der Waals surface area contributed by atoms with Crippen molar-refractivity contribution in [2.45, 2.75) is 6.92 Å². The Bertz CT molecular complexity index is 838. The lowest BCUT2D eigenvalue weighted by Gasteiger charge is -2.09. The van der Waals surface area contributed by atoms with Gasteiger partial charge in [-0.15, -0.1) is 0 Å². The summed E-state index contributed by atoms with van der Waals surface area (Å²) in [6, 6.07) is 7.87. The molecule has 6 nitrogen and oxygen atoms in total.